The molecule has 1 amide bonds. The number of amides is 1. The normalized spacial score (nSPS) is 17.8. The van der Waals surface area contributed by atoms with E-state index in [0.717, 1.165) is 47.4 Å². The Kier molecular flexibility index (Phi) is 3.44. The van der Waals surface area contributed by atoms with Crippen molar-refractivity contribution in [3.8, 4) is 0 Å². The molecule has 1 aliphatic heterocycles. The maximum Gasteiger partial charge on any atom is 0.256 e. The highest BCUT2D eigenvalue weighted by Crippen LogP contribution is 2.27. The van der Waals surface area contributed by atoms with Crippen LogP contribution in [0.4, 0.5) is 0 Å². The Bertz CT molecular complexity index is 921. The van der Waals surface area contributed by atoms with E-state index in [-0.39, 0.29) is 11.9 Å². The Morgan fingerprint density at radius 3 is 2.79 bits per heavy atom. The number of aryl methyl sites for hydroxylation is 3. The number of benzene rings is 1. The maximum absolute atomic E-state index is 13.0. The molecule has 1 aromatic carbocycles. The van der Waals surface area contributed by atoms with E-state index in [1.54, 1.807) is 0 Å². The molecule has 5 heteroatoms. The Labute approximate surface area is 141 Å². The monoisotopic (exact) mass is 322 g/mol. The Morgan fingerprint density at radius 2 is 2.04 bits per heavy atom. The standard InChI is InChI=1S/C19H22N4O/c1-13-10-14(2)23(20-13)15-8-9-22(11-15)19(24)17-12-21(3)18-7-5-4-6-16(17)18/h4-7,10,12,15H,8-9,11H2,1-3H3. The highest BCUT2D eigenvalue weighted by molar-refractivity contribution is 6.07. The summed E-state index contributed by atoms with van der Waals surface area (Å²) in [6.45, 7) is 5.60. The third-order valence-electron chi connectivity index (χ3n) is 4.97. The van der Waals surface area contributed by atoms with Gasteiger partial charge in [-0.3, -0.25) is 9.48 Å². The molecule has 1 unspecified atom stereocenters. The minimum atomic E-state index is 0.121. The van der Waals surface area contributed by atoms with Crippen LogP contribution in [0.1, 0.15) is 34.2 Å². The minimum Gasteiger partial charge on any atom is -0.350 e. The highest BCUT2D eigenvalue weighted by Gasteiger charge is 2.30. The van der Waals surface area contributed by atoms with E-state index in [0.29, 0.717) is 0 Å². The number of carbonyl (C=O) groups is 1. The van der Waals surface area contributed by atoms with Crippen LogP contribution < -0.4 is 0 Å². The molecular weight excluding hydrogens is 300 g/mol. The van der Waals surface area contributed by atoms with Gasteiger partial charge in [0, 0.05) is 42.9 Å². The lowest BCUT2D eigenvalue weighted by atomic mass is 10.1. The summed E-state index contributed by atoms with van der Waals surface area (Å²) < 4.78 is 4.10. The predicted octanol–water partition coefficient (Wildman–Crippen LogP) is 3.08. The number of hydrogen-bond donors (Lipinski definition) is 0. The highest BCUT2D eigenvalue weighted by atomic mass is 16.2. The molecule has 0 N–H and O–H groups in total. The first-order valence-electron chi connectivity index (χ1n) is 8.40. The number of rotatable bonds is 2. The smallest absolute Gasteiger partial charge is 0.256 e. The SMILES string of the molecule is Cc1cc(C)n(C2CCN(C(=O)c3cn(C)c4ccccc34)C2)n1. The van der Waals surface area contributed by atoms with Crippen molar-refractivity contribution in [3.63, 3.8) is 0 Å². The number of likely N-dealkylation sites (tertiary alicyclic amines) is 1. The fourth-order valence-electron chi connectivity index (χ4n) is 3.82. The van der Waals surface area contributed by atoms with Crippen molar-refractivity contribution in [2.75, 3.05) is 13.1 Å². The number of nitrogens with zero attached hydrogens (tertiary/aromatic N) is 4. The molecule has 5 nitrogen and oxygen atoms in total. The summed E-state index contributed by atoms with van der Waals surface area (Å²) in [5.41, 5.74) is 4.08. The molecule has 3 heterocycles. The van der Waals surface area contributed by atoms with Gasteiger partial charge in [-0.2, -0.15) is 5.10 Å². The van der Waals surface area contributed by atoms with Gasteiger partial charge in [-0.1, -0.05) is 18.2 Å². The van der Waals surface area contributed by atoms with Crippen molar-refractivity contribution in [1.82, 2.24) is 19.2 Å². The van der Waals surface area contributed by atoms with Crippen LogP contribution in [0, 0.1) is 13.8 Å². The second-order valence-electron chi connectivity index (χ2n) is 6.74. The fourth-order valence-corrected chi connectivity index (χ4v) is 3.82. The van der Waals surface area contributed by atoms with E-state index in [1.165, 1.54) is 0 Å². The zero-order valence-electron chi connectivity index (χ0n) is 14.4. The van der Waals surface area contributed by atoms with Gasteiger partial charge in [0.05, 0.1) is 17.3 Å². The lowest BCUT2D eigenvalue weighted by Gasteiger charge is -2.17. The van der Waals surface area contributed by atoms with Gasteiger partial charge >= 0.3 is 0 Å². The lowest BCUT2D eigenvalue weighted by Crippen LogP contribution is -2.29. The van der Waals surface area contributed by atoms with Crippen molar-refractivity contribution in [2.24, 2.45) is 7.05 Å². The van der Waals surface area contributed by atoms with Gasteiger partial charge < -0.3 is 9.47 Å². The molecule has 0 bridgehead atoms. The first-order valence-corrected chi connectivity index (χ1v) is 8.40. The average Bonchev–Trinajstić information content (AvgIpc) is 3.25. The predicted molar refractivity (Wildman–Crippen MR) is 94.2 cm³/mol. The second-order valence-corrected chi connectivity index (χ2v) is 6.74. The summed E-state index contributed by atoms with van der Waals surface area (Å²) in [6, 6.07) is 10.4. The van der Waals surface area contributed by atoms with Gasteiger partial charge in [-0.25, -0.2) is 0 Å². The average molecular weight is 322 g/mol. The molecule has 1 fully saturated rings. The van der Waals surface area contributed by atoms with Gasteiger partial charge in [0.2, 0.25) is 0 Å². The minimum absolute atomic E-state index is 0.121. The molecule has 24 heavy (non-hydrogen) atoms. The van der Waals surface area contributed by atoms with E-state index < -0.39 is 0 Å². The number of para-hydroxylation sites is 1. The van der Waals surface area contributed by atoms with Crippen LogP contribution in [0.15, 0.2) is 36.5 Å². The van der Waals surface area contributed by atoms with Crippen molar-refractivity contribution in [1.29, 1.82) is 0 Å². The van der Waals surface area contributed by atoms with Crippen LogP contribution in [0.25, 0.3) is 10.9 Å². The lowest BCUT2D eigenvalue weighted by molar-refractivity contribution is 0.0788. The van der Waals surface area contributed by atoms with Gasteiger partial charge in [-0.05, 0) is 32.4 Å². The molecule has 3 aromatic rings. The molecular formula is C19H22N4O. The Hall–Kier alpha value is -2.56. The van der Waals surface area contributed by atoms with E-state index >= 15 is 0 Å². The van der Waals surface area contributed by atoms with Crippen molar-refractivity contribution < 1.29 is 4.79 Å². The third-order valence-corrected chi connectivity index (χ3v) is 4.97. The number of carbonyl (C=O) groups excluding carboxylic acids is 1. The van der Waals surface area contributed by atoms with Crippen LogP contribution in [0.2, 0.25) is 0 Å². The van der Waals surface area contributed by atoms with E-state index in [4.69, 9.17) is 0 Å². The van der Waals surface area contributed by atoms with Crippen molar-refractivity contribution in [2.45, 2.75) is 26.3 Å². The van der Waals surface area contributed by atoms with Crippen LogP contribution >= 0.6 is 0 Å². The third kappa shape index (κ3) is 2.31. The van der Waals surface area contributed by atoms with Crippen LogP contribution in [-0.2, 0) is 7.05 Å². The van der Waals surface area contributed by atoms with Gasteiger partial charge in [0.15, 0.2) is 0 Å². The summed E-state index contributed by atoms with van der Waals surface area (Å²) in [6.07, 6.45) is 2.90. The number of hydrogen-bond acceptors (Lipinski definition) is 2. The number of aromatic nitrogens is 3. The molecule has 1 atom stereocenters. The molecule has 124 valence electrons. The summed E-state index contributed by atoms with van der Waals surface area (Å²) in [5, 5.41) is 5.61. The quantitative estimate of drug-likeness (QED) is 0.728. The molecule has 0 saturated carbocycles. The van der Waals surface area contributed by atoms with E-state index in [9.17, 15) is 4.79 Å². The summed E-state index contributed by atoms with van der Waals surface area (Å²) in [7, 11) is 1.99. The topological polar surface area (TPSA) is 43.1 Å². The maximum atomic E-state index is 13.0. The van der Waals surface area contributed by atoms with E-state index in [1.807, 2.05) is 47.8 Å². The van der Waals surface area contributed by atoms with Crippen LogP contribution in [-0.4, -0.2) is 38.2 Å². The molecule has 0 spiro atoms. The first kappa shape index (κ1) is 15.0. The molecule has 1 saturated heterocycles. The molecule has 0 aliphatic carbocycles. The largest absolute Gasteiger partial charge is 0.350 e. The fraction of sp³-hybridized carbons (Fsp3) is 0.368. The molecule has 4 rings (SSSR count). The molecule has 2 aromatic heterocycles. The summed E-state index contributed by atoms with van der Waals surface area (Å²) in [5.74, 6) is 0.121. The van der Waals surface area contributed by atoms with Gasteiger partial charge in [0.1, 0.15) is 0 Å². The molecule has 1 aliphatic rings. The van der Waals surface area contributed by atoms with E-state index in [2.05, 4.69) is 28.8 Å². The van der Waals surface area contributed by atoms with Crippen LogP contribution in [0.5, 0.6) is 0 Å². The van der Waals surface area contributed by atoms with Gasteiger partial charge in [-0.15, -0.1) is 0 Å². The Balaban J connectivity index is 1.60. The summed E-state index contributed by atoms with van der Waals surface area (Å²) in [4.78, 5) is 15.0. The molecule has 0 radical (unpaired) electrons. The van der Waals surface area contributed by atoms with Crippen molar-refractivity contribution >= 4 is 16.8 Å². The second kappa shape index (κ2) is 5.51. The Morgan fingerprint density at radius 1 is 1.25 bits per heavy atom. The van der Waals surface area contributed by atoms with Crippen molar-refractivity contribution in [3.05, 3.63) is 53.5 Å². The number of fused-ring (bicyclic) bond motifs is 1. The summed E-state index contributed by atoms with van der Waals surface area (Å²) >= 11 is 0. The van der Waals surface area contributed by atoms with Crippen LogP contribution in [0.3, 0.4) is 0 Å². The zero-order chi connectivity index (χ0) is 16.8. The van der Waals surface area contributed by atoms with Gasteiger partial charge in [0.25, 0.3) is 5.91 Å². The first-order chi connectivity index (χ1) is 11.5. The zero-order valence-corrected chi connectivity index (χ0v) is 14.4.